The van der Waals surface area contributed by atoms with Crippen molar-refractivity contribution in [3.63, 3.8) is 0 Å². The molecule has 3 rings (SSSR count). The minimum atomic E-state index is -0.945. The molecule has 3 N–H and O–H groups in total. The van der Waals surface area contributed by atoms with Gasteiger partial charge in [0, 0.05) is 23.2 Å². The molecule has 12 heteroatoms. The van der Waals surface area contributed by atoms with E-state index < -0.39 is 35.2 Å². The quantitative estimate of drug-likeness (QED) is 0.272. The smallest absolute Gasteiger partial charge is 0.331 e. The van der Waals surface area contributed by atoms with Crippen LogP contribution in [0.3, 0.4) is 0 Å². The van der Waals surface area contributed by atoms with E-state index in [1.807, 2.05) is 17.1 Å². The first-order chi connectivity index (χ1) is 16.1. The van der Waals surface area contributed by atoms with Gasteiger partial charge in [-0.25, -0.2) is 14.3 Å². The molecule has 0 spiro atoms. The van der Waals surface area contributed by atoms with Crippen molar-refractivity contribution in [1.29, 1.82) is 0 Å². The summed E-state index contributed by atoms with van der Waals surface area (Å²) in [5.41, 5.74) is 5.68. The van der Waals surface area contributed by atoms with Crippen LogP contribution in [0, 0.1) is 6.92 Å². The second kappa shape index (κ2) is 10.5. The van der Waals surface area contributed by atoms with E-state index in [9.17, 15) is 19.2 Å². The number of nitrogens with zero attached hydrogens (tertiary/aromatic N) is 3. The molecule has 178 valence electrons. The largest absolute Gasteiger partial charge is 0.454 e. The number of nitrogen functional groups attached to an aromatic ring is 1. The highest BCUT2D eigenvalue weighted by Crippen LogP contribution is 2.23. The fraction of sp³-hybridized carbons (Fsp3) is 0.227. The fourth-order valence-electron chi connectivity index (χ4n) is 3.20. The van der Waals surface area contributed by atoms with Gasteiger partial charge < -0.3 is 10.5 Å². The first-order valence-electron chi connectivity index (χ1n) is 10.1. The van der Waals surface area contributed by atoms with Crippen molar-refractivity contribution in [2.45, 2.75) is 26.9 Å². The number of anilines is 1. The number of hydrogen-bond donors (Lipinski definition) is 2. The Morgan fingerprint density at radius 1 is 1.21 bits per heavy atom. The van der Waals surface area contributed by atoms with Gasteiger partial charge in [0.15, 0.2) is 6.61 Å². The molecule has 10 nitrogen and oxygen atoms in total. The fourth-order valence-corrected chi connectivity index (χ4v) is 3.63. The zero-order chi connectivity index (χ0) is 25.0. The van der Waals surface area contributed by atoms with Crippen LogP contribution in [0.25, 0.3) is 6.08 Å². The number of benzene rings is 1. The van der Waals surface area contributed by atoms with Gasteiger partial charge in [-0.3, -0.25) is 19.1 Å². The van der Waals surface area contributed by atoms with Crippen molar-refractivity contribution in [2.24, 2.45) is 0 Å². The van der Waals surface area contributed by atoms with E-state index in [1.54, 1.807) is 30.7 Å². The maximum atomic E-state index is 12.4. The third kappa shape index (κ3) is 5.46. The van der Waals surface area contributed by atoms with Crippen LogP contribution in [0.1, 0.15) is 34.1 Å². The normalized spacial score (nSPS) is 11.2. The lowest BCUT2D eigenvalue weighted by Gasteiger charge is -2.09. The van der Waals surface area contributed by atoms with Crippen LogP contribution in [0.15, 0.2) is 39.9 Å². The number of rotatable bonds is 8. The summed E-state index contributed by atoms with van der Waals surface area (Å²) in [6.07, 6.45) is 2.52. The highest BCUT2D eigenvalue weighted by molar-refractivity contribution is 6.31. The lowest BCUT2D eigenvalue weighted by Crippen LogP contribution is -2.36. The second-order valence-electron chi connectivity index (χ2n) is 7.20. The number of aromatic amines is 1. The number of hydrogen-bond acceptors (Lipinski definition) is 7. The molecule has 34 heavy (non-hydrogen) atoms. The number of H-pyrrole nitrogens is 1. The standard InChI is InChI=1S/C22H21Cl2N5O5/c1-3-28-20(25)18(21(32)26-22(28)33)16(30)11-34-17(31)9-8-15-12(2)27-29(19(15)24)10-13-4-6-14(23)7-5-13/h4-9H,3,10-11,25H2,1-2H3,(H,26,32,33)/b9-8+. The van der Waals surface area contributed by atoms with Crippen molar-refractivity contribution in [3.05, 3.63) is 83.7 Å². The molecule has 0 atom stereocenters. The molecule has 3 aromatic rings. The highest BCUT2D eigenvalue weighted by atomic mass is 35.5. The average molecular weight is 506 g/mol. The number of ketones is 1. The van der Waals surface area contributed by atoms with E-state index in [2.05, 4.69) is 5.10 Å². The van der Waals surface area contributed by atoms with Gasteiger partial charge >= 0.3 is 11.7 Å². The Bertz CT molecular complexity index is 1390. The van der Waals surface area contributed by atoms with Gasteiger partial charge in [0.2, 0.25) is 5.78 Å². The molecule has 0 aliphatic heterocycles. The van der Waals surface area contributed by atoms with Crippen molar-refractivity contribution < 1.29 is 14.3 Å². The number of Topliss-reactive ketones (excluding diaryl/α,β-unsaturated/α-hetero) is 1. The Kier molecular flexibility index (Phi) is 7.75. The Balaban J connectivity index is 1.68. The summed E-state index contributed by atoms with van der Waals surface area (Å²) in [7, 11) is 0. The Hall–Kier alpha value is -3.63. The minimum Gasteiger partial charge on any atom is -0.454 e. The minimum absolute atomic E-state index is 0.149. The number of esters is 1. The van der Waals surface area contributed by atoms with Crippen LogP contribution in [-0.2, 0) is 22.6 Å². The maximum Gasteiger partial charge on any atom is 0.331 e. The van der Waals surface area contributed by atoms with Crippen LogP contribution < -0.4 is 17.0 Å². The maximum absolute atomic E-state index is 12.4. The molecule has 1 aromatic carbocycles. The van der Waals surface area contributed by atoms with Crippen molar-refractivity contribution in [3.8, 4) is 0 Å². The van der Waals surface area contributed by atoms with Gasteiger partial charge in [-0.05, 0) is 37.6 Å². The number of carbonyl (C=O) groups is 2. The molecular weight excluding hydrogens is 485 g/mol. The number of nitrogens with one attached hydrogen (secondary N) is 1. The van der Waals surface area contributed by atoms with Crippen LogP contribution >= 0.6 is 23.2 Å². The third-order valence-electron chi connectivity index (χ3n) is 4.92. The van der Waals surface area contributed by atoms with Gasteiger partial charge in [-0.15, -0.1) is 0 Å². The summed E-state index contributed by atoms with van der Waals surface area (Å²) in [6, 6.07) is 7.23. The van der Waals surface area contributed by atoms with Crippen molar-refractivity contribution in [2.75, 3.05) is 12.3 Å². The van der Waals surface area contributed by atoms with Crippen LogP contribution in [0.2, 0.25) is 10.2 Å². The predicted molar refractivity (Wildman–Crippen MR) is 128 cm³/mol. The summed E-state index contributed by atoms with van der Waals surface area (Å²) in [6.45, 7) is 3.17. The van der Waals surface area contributed by atoms with Crippen molar-refractivity contribution in [1.82, 2.24) is 19.3 Å². The van der Waals surface area contributed by atoms with Crippen LogP contribution in [0.4, 0.5) is 5.82 Å². The van der Waals surface area contributed by atoms with Gasteiger partial charge in [0.25, 0.3) is 5.56 Å². The molecule has 0 bridgehead atoms. The monoisotopic (exact) mass is 505 g/mol. The second-order valence-corrected chi connectivity index (χ2v) is 8.00. The number of aryl methyl sites for hydroxylation is 1. The number of carbonyl (C=O) groups excluding carboxylic acids is 2. The first-order valence-corrected chi connectivity index (χ1v) is 10.9. The predicted octanol–water partition coefficient (Wildman–Crippen LogP) is 2.44. The average Bonchev–Trinajstić information content (AvgIpc) is 3.04. The molecule has 0 radical (unpaired) electrons. The van der Waals surface area contributed by atoms with E-state index in [0.717, 1.165) is 16.2 Å². The molecule has 0 aliphatic rings. The first kappa shape index (κ1) is 25.0. The van der Waals surface area contributed by atoms with E-state index in [4.69, 9.17) is 33.7 Å². The lowest BCUT2D eigenvalue weighted by molar-refractivity contribution is -0.136. The summed E-state index contributed by atoms with van der Waals surface area (Å²) in [5, 5.41) is 5.31. The molecular formula is C22H21Cl2N5O5. The van der Waals surface area contributed by atoms with Gasteiger partial charge in [0.1, 0.15) is 16.5 Å². The van der Waals surface area contributed by atoms with E-state index >= 15 is 0 Å². The Morgan fingerprint density at radius 2 is 1.88 bits per heavy atom. The van der Waals surface area contributed by atoms with E-state index in [0.29, 0.717) is 28.0 Å². The van der Waals surface area contributed by atoms with E-state index in [1.165, 1.54) is 6.08 Å². The Labute approximate surface area is 203 Å². The summed E-state index contributed by atoms with van der Waals surface area (Å²) in [4.78, 5) is 50.3. The molecule has 0 fully saturated rings. The summed E-state index contributed by atoms with van der Waals surface area (Å²) < 4.78 is 7.54. The topological polar surface area (TPSA) is 142 Å². The van der Waals surface area contributed by atoms with Gasteiger partial charge in [-0.2, -0.15) is 5.10 Å². The molecule has 2 heterocycles. The van der Waals surface area contributed by atoms with Gasteiger partial charge in [0.05, 0.1) is 12.2 Å². The molecule has 0 unspecified atom stereocenters. The number of halogens is 2. The summed E-state index contributed by atoms with van der Waals surface area (Å²) in [5.74, 6) is -1.97. The molecule has 0 saturated heterocycles. The molecule has 0 aliphatic carbocycles. The Morgan fingerprint density at radius 3 is 2.53 bits per heavy atom. The van der Waals surface area contributed by atoms with Gasteiger partial charge in [-0.1, -0.05) is 35.3 Å². The number of ether oxygens (including phenoxy) is 1. The zero-order valence-electron chi connectivity index (χ0n) is 18.3. The number of aromatic nitrogens is 4. The van der Waals surface area contributed by atoms with Crippen LogP contribution in [-0.4, -0.2) is 37.7 Å². The third-order valence-corrected chi connectivity index (χ3v) is 5.57. The summed E-state index contributed by atoms with van der Waals surface area (Å²) >= 11 is 12.3. The van der Waals surface area contributed by atoms with Crippen LogP contribution in [0.5, 0.6) is 0 Å². The SMILES string of the molecule is CCn1c(N)c(C(=O)COC(=O)/C=C/c2c(C)nn(Cc3ccc(Cl)cc3)c2Cl)c(=O)[nH]c1=O. The molecule has 2 aromatic heterocycles. The number of nitrogens with two attached hydrogens (primary N) is 1. The zero-order valence-corrected chi connectivity index (χ0v) is 19.8. The molecule has 0 amide bonds. The molecule has 0 saturated carbocycles. The van der Waals surface area contributed by atoms with E-state index in [-0.39, 0.29) is 12.4 Å². The lowest BCUT2D eigenvalue weighted by atomic mass is 10.2. The highest BCUT2D eigenvalue weighted by Gasteiger charge is 2.20. The van der Waals surface area contributed by atoms with Crippen molar-refractivity contribution >= 4 is 46.8 Å².